The highest BCUT2D eigenvalue weighted by Crippen LogP contribution is 2.17. The van der Waals surface area contributed by atoms with Crippen LogP contribution >= 0.6 is 0 Å². The summed E-state index contributed by atoms with van der Waals surface area (Å²) in [5, 5.41) is 2.23. The number of nitrogens with one attached hydrogen (secondary N) is 1. The lowest BCUT2D eigenvalue weighted by atomic mass is 10.1. The van der Waals surface area contributed by atoms with Crippen LogP contribution in [0.2, 0.25) is 0 Å². The Labute approximate surface area is 157 Å². The highest BCUT2D eigenvalue weighted by molar-refractivity contribution is 4.80. The van der Waals surface area contributed by atoms with Crippen molar-refractivity contribution in [2.45, 2.75) is 67.2 Å². The summed E-state index contributed by atoms with van der Waals surface area (Å²) in [5.74, 6) is 0. The lowest BCUT2D eigenvalue weighted by Crippen LogP contribution is -2.59. The topological polar surface area (TPSA) is 40.2 Å². The zero-order valence-electron chi connectivity index (χ0n) is 16.0. The van der Waals surface area contributed by atoms with Crippen molar-refractivity contribution in [2.75, 3.05) is 60.2 Å². The van der Waals surface area contributed by atoms with E-state index in [0.717, 1.165) is 52.5 Å². The van der Waals surface area contributed by atoms with Gasteiger partial charge >= 0.3 is 0 Å². The Morgan fingerprint density at radius 2 is 1.60 bits per heavy atom. The monoisotopic (exact) mass is 362 g/mol. The number of ether oxygens (including phenoxy) is 2. The van der Waals surface area contributed by atoms with Gasteiger partial charge in [-0.3, -0.25) is 15.2 Å². The van der Waals surface area contributed by atoms with Crippen molar-refractivity contribution in [1.82, 2.24) is 20.2 Å². The van der Waals surface area contributed by atoms with Crippen molar-refractivity contribution in [2.24, 2.45) is 0 Å². The Morgan fingerprint density at radius 1 is 1.04 bits per heavy atom. The van der Waals surface area contributed by atoms with Crippen molar-refractivity contribution in [3.05, 3.63) is 0 Å². The fourth-order valence-corrected chi connectivity index (χ4v) is 3.29. The molecule has 0 spiro atoms. The maximum absolute atomic E-state index is 5.58. The minimum Gasteiger partial charge on any atom is -0.379 e. The fourth-order valence-electron chi connectivity index (χ4n) is 3.29. The first kappa shape index (κ1) is 27.0. The van der Waals surface area contributed by atoms with E-state index in [9.17, 15) is 0 Å². The molecule has 2 aliphatic rings. The van der Waals surface area contributed by atoms with Gasteiger partial charge in [0.2, 0.25) is 0 Å². The molecule has 0 aromatic rings. The van der Waals surface area contributed by atoms with Crippen LogP contribution in [0.3, 0.4) is 0 Å². The van der Waals surface area contributed by atoms with Gasteiger partial charge in [0, 0.05) is 38.8 Å². The number of hydrogen-bond acceptors (Lipinski definition) is 6. The second-order valence-electron chi connectivity index (χ2n) is 6.23. The molecule has 154 valence electrons. The van der Waals surface area contributed by atoms with Crippen molar-refractivity contribution < 1.29 is 9.47 Å². The standard InChI is InChI=1S/C15H32N4O2.C2H6.2CH4/c1-13-11-20-9-7-18(13)6-5-15(17(4)16-3)19-8-10-21-12-14(19)2;1-2;;/h13-16H,5-12H2,1-4H3;1-2H3;2*1H4/t13-,14-,15?;;;/m0.../s1. The van der Waals surface area contributed by atoms with Gasteiger partial charge in [0.25, 0.3) is 0 Å². The molecule has 2 fully saturated rings. The lowest BCUT2D eigenvalue weighted by Gasteiger charge is -2.44. The largest absolute Gasteiger partial charge is 0.379 e. The molecule has 0 aromatic heterocycles. The minimum absolute atomic E-state index is 0. The van der Waals surface area contributed by atoms with Crippen LogP contribution < -0.4 is 5.43 Å². The molecule has 0 saturated carbocycles. The van der Waals surface area contributed by atoms with Crippen LogP contribution in [0.1, 0.15) is 49.0 Å². The van der Waals surface area contributed by atoms with Crippen molar-refractivity contribution in [3.63, 3.8) is 0 Å². The molecule has 0 aliphatic carbocycles. The van der Waals surface area contributed by atoms with E-state index < -0.39 is 0 Å². The molecule has 0 bridgehead atoms. The summed E-state index contributed by atoms with van der Waals surface area (Å²) in [4.78, 5) is 5.11. The van der Waals surface area contributed by atoms with Crippen LogP contribution in [0, 0.1) is 0 Å². The summed E-state index contributed by atoms with van der Waals surface area (Å²) in [7, 11) is 4.13. The zero-order valence-corrected chi connectivity index (χ0v) is 16.0. The summed E-state index contributed by atoms with van der Waals surface area (Å²) >= 11 is 0. The van der Waals surface area contributed by atoms with Gasteiger partial charge in [0.1, 0.15) is 0 Å². The van der Waals surface area contributed by atoms with E-state index in [1.165, 1.54) is 0 Å². The molecule has 1 unspecified atom stereocenters. The maximum Gasteiger partial charge on any atom is 0.0770 e. The van der Waals surface area contributed by atoms with E-state index in [4.69, 9.17) is 9.47 Å². The summed E-state index contributed by atoms with van der Waals surface area (Å²) < 4.78 is 11.1. The Hall–Kier alpha value is -0.240. The molecule has 1 N–H and O–H groups in total. The number of hydrazine groups is 1. The summed E-state index contributed by atoms with van der Waals surface area (Å²) in [6, 6.07) is 1.00. The Bertz CT molecular complexity index is 307. The molecule has 2 rings (SSSR count). The third-order valence-corrected chi connectivity index (χ3v) is 4.78. The fraction of sp³-hybridized carbons (Fsp3) is 1.00. The van der Waals surface area contributed by atoms with E-state index in [1.54, 1.807) is 0 Å². The SMILES string of the molecule is C.C.CC.CNN(C)C(CCN1CCOC[C@@H]1C)N1CCOC[C@@H]1C. The molecule has 0 amide bonds. The molecule has 0 aromatic carbocycles. The van der Waals surface area contributed by atoms with Crippen LogP contribution in [-0.4, -0.2) is 93.2 Å². The first-order valence-electron chi connectivity index (χ1n) is 9.19. The summed E-state index contributed by atoms with van der Waals surface area (Å²) in [6.45, 7) is 15.1. The quantitative estimate of drug-likeness (QED) is 0.732. The van der Waals surface area contributed by atoms with Crippen LogP contribution in [0.5, 0.6) is 0 Å². The Balaban J connectivity index is 0. The van der Waals surface area contributed by atoms with Gasteiger partial charge < -0.3 is 9.47 Å². The van der Waals surface area contributed by atoms with Crippen molar-refractivity contribution in [3.8, 4) is 0 Å². The van der Waals surface area contributed by atoms with E-state index in [1.807, 2.05) is 20.9 Å². The Kier molecular flexibility index (Phi) is 16.1. The molecule has 2 aliphatic heterocycles. The molecule has 0 radical (unpaired) electrons. The predicted octanol–water partition coefficient (Wildman–Crippen LogP) is 2.51. The van der Waals surface area contributed by atoms with Gasteiger partial charge in [-0.15, -0.1) is 0 Å². The molecule has 6 heteroatoms. The molecular formula is C19H46N4O2. The van der Waals surface area contributed by atoms with Crippen LogP contribution in [0.4, 0.5) is 0 Å². The molecule has 2 heterocycles. The van der Waals surface area contributed by atoms with Gasteiger partial charge in [0.05, 0.1) is 32.6 Å². The minimum atomic E-state index is 0. The average Bonchev–Trinajstić information content (AvgIpc) is 2.59. The van der Waals surface area contributed by atoms with E-state index in [-0.39, 0.29) is 14.9 Å². The van der Waals surface area contributed by atoms with Gasteiger partial charge in [-0.25, -0.2) is 5.01 Å². The van der Waals surface area contributed by atoms with Gasteiger partial charge in [-0.2, -0.15) is 0 Å². The third kappa shape index (κ3) is 8.33. The third-order valence-electron chi connectivity index (χ3n) is 4.78. The average molecular weight is 363 g/mol. The number of nitrogens with zero attached hydrogens (tertiary/aromatic N) is 3. The van der Waals surface area contributed by atoms with Crippen LogP contribution in [0.15, 0.2) is 0 Å². The number of morpholine rings is 2. The highest BCUT2D eigenvalue weighted by atomic mass is 16.5. The number of rotatable bonds is 6. The van der Waals surface area contributed by atoms with Gasteiger partial charge in [0.15, 0.2) is 0 Å². The predicted molar refractivity (Wildman–Crippen MR) is 109 cm³/mol. The smallest absolute Gasteiger partial charge is 0.0770 e. The summed E-state index contributed by atoms with van der Waals surface area (Å²) in [6.07, 6.45) is 1.54. The normalized spacial score (nSPS) is 26.0. The molecule has 25 heavy (non-hydrogen) atoms. The highest BCUT2D eigenvalue weighted by Gasteiger charge is 2.30. The van der Waals surface area contributed by atoms with Gasteiger partial charge in [-0.05, 0) is 27.3 Å². The molecule has 3 atom stereocenters. The second-order valence-corrected chi connectivity index (χ2v) is 6.23. The maximum atomic E-state index is 5.58. The van der Waals surface area contributed by atoms with Crippen molar-refractivity contribution >= 4 is 0 Å². The lowest BCUT2D eigenvalue weighted by molar-refractivity contribution is -0.0790. The zero-order chi connectivity index (χ0) is 17.2. The van der Waals surface area contributed by atoms with Gasteiger partial charge in [-0.1, -0.05) is 28.7 Å². The first-order valence-corrected chi connectivity index (χ1v) is 9.19. The number of hydrogen-bond donors (Lipinski definition) is 1. The first-order chi connectivity index (χ1) is 11.1. The van der Waals surface area contributed by atoms with E-state index in [2.05, 4.69) is 41.1 Å². The Morgan fingerprint density at radius 3 is 2.12 bits per heavy atom. The van der Waals surface area contributed by atoms with E-state index in [0.29, 0.717) is 18.2 Å². The molecule has 2 saturated heterocycles. The van der Waals surface area contributed by atoms with E-state index >= 15 is 0 Å². The molecular weight excluding hydrogens is 316 g/mol. The van der Waals surface area contributed by atoms with Crippen LogP contribution in [-0.2, 0) is 9.47 Å². The van der Waals surface area contributed by atoms with Crippen molar-refractivity contribution in [1.29, 1.82) is 0 Å². The molecule has 6 nitrogen and oxygen atoms in total. The summed E-state index contributed by atoms with van der Waals surface area (Å²) in [5.41, 5.74) is 3.29. The van der Waals surface area contributed by atoms with Crippen LogP contribution in [0.25, 0.3) is 0 Å². The second kappa shape index (κ2) is 14.9.